The van der Waals surface area contributed by atoms with Crippen LogP contribution in [-0.4, -0.2) is 15.2 Å². The van der Waals surface area contributed by atoms with Gasteiger partial charge in [0.2, 0.25) is 5.95 Å². The minimum absolute atomic E-state index is 0.178. The number of aromatic nitrogens is 3. The van der Waals surface area contributed by atoms with Crippen molar-refractivity contribution < 1.29 is 0 Å². The van der Waals surface area contributed by atoms with E-state index in [0.29, 0.717) is 5.82 Å². The van der Waals surface area contributed by atoms with E-state index in [1.807, 2.05) is 6.07 Å². The number of nitrogens with one attached hydrogen (secondary N) is 1. The van der Waals surface area contributed by atoms with Crippen LogP contribution in [0.5, 0.6) is 0 Å². The zero-order valence-corrected chi connectivity index (χ0v) is 5.50. The van der Waals surface area contributed by atoms with Gasteiger partial charge in [0.25, 0.3) is 0 Å². The van der Waals surface area contributed by atoms with Crippen molar-refractivity contribution in [2.75, 3.05) is 5.73 Å². The lowest BCUT2D eigenvalue weighted by molar-refractivity contribution is 0.861. The van der Waals surface area contributed by atoms with Gasteiger partial charge >= 0.3 is 0 Å². The van der Waals surface area contributed by atoms with Gasteiger partial charge in [0.1, 0.15) is 11.7 Å². The van der Waals surface area contributed by atoms with E-state index in [4.69, 9.17) is 11.0 Å². The first-order valence-corrected chi connectivity index (χ1v) is 2.81. The maximum Gasteiger partial charge on any atom is 0.239 e. The van der Waals surface area contributed by atoms with Gasteiger partial charge in [0.15, 0.2) is 0 Å². The third-order valence-electron chi connectivity index (χ3n) is 1.12. The van der Waals surface area contributed by atoms with Crippen LogP contribution in [0.4, 0.5) is 5.95 Å². The molecule has 0 fully saturated rings. The Morgan fingerprint density at radius 1 is 1.80 bits per heavy atom. The van der Waals surface area contributed by atoms with Crippen molar-refractivity contribution in [3.8, 4) is 6.07 Å². The first kappa shape index (κ1) is 6.55. The highest BCUT2D eigenvalue weighted by atomic mass is 15.3. The largest absolute Gasteiger partial charge is 0.367 e. The average Bonchev–Trinajstić information content (AvgIpc) is 2.34. The number of nitrogens with zero attached hydrogens (tertiary/aromatic N) is 3. The third kappa shape index (κ3) is 1.05. The Hall–Kier alpha value is -1.57. The molecule has 0 aliphatic carbocycles. The number of nitrogen functional groups attached to an aromatic ring is 1. The lowest BCUT2D eigenvalue weighted by atomic mass is 10.2. The smallest absolute Gasteiger partial charge is 0.239 e. The Balaban J connectivity index is 2.87. The van der Waals surface area contributed by atoms with Crippen LogP contribution in [0.1, 0.15) is 18.7 Å². The van der Waals surface area contributed by atoms with Gasteiger partial charge in [0, 0.05) is 0 Å². The van der Waals surface area contributed by atoms with Crippen LogP contribution >= 0.6 is 0 Å². The summed E-state index contributed by atoms with van der Waals surface area (Å²) in [7, 11) is 0. The fourth-order valence-corrected chi connectivity index (χ4v) is 0.543. The van der Waals surface area contributed by atoms with Crippen LogP contribution in [0.2, 0.25) is 0 Å². The quantitative estimate of drug-likeness (QED) is 0.570. The molecule has 3 N–H and O–H groups in total. The monoisotopic (exact) mass is 137 g/mol. The fourth-order valence-electron chi connectivity index (χ4n) is 0.543. The molecule has 0 saturated heterocycles. The lowest BCUT2D eigenvalue weighted by Gasteiger charge is -1.90. The molecule has 1 rings (SSSR count). The van der Waals surface area contributed by atoms with Crippen molar-refractivity contribution in [3.05, 3.63) is 5.82 Å². The second-order valence-electron chi connectivity index (χ2n) is 1.93. The molecule has 1 unspecified atom stereocenters. The molecule has 0 amide bonds. The van der Waals surface area contributed by atoms with E-state index in [2.05, 4.69) is 15.2 Å². The summed E-state index contributed by atoms with van der Waals surface area (Å²) in [5.74, 6) is 0.418. The maximum atomic E-state index is 8.42. The van der Waals surface area contributed by atoms with Crippen molar-refractivity contribution in [1.29, 1.82) is 5.26 Å². The lowest BCUT2D eigenvalue weighted by Crippen LogP contribution is -1.92. The van der Waals surface area contributed by atoms with Crippen molar-refractivity contribution in [2.45, 2.75) is 12.8 Å². The van der Waals surface area contributed by atoms with E-state index in [1.54, 1.807) is 6.92 Å². The molecular weight excluding hydrogens is 130 g/mol. The molecule has 1 aromatic heterocycles. The summed E-state index contributed by atoms with van der Waals surface area (Å²) >= 11 is 0. The van der Waals surface area contributed by atoms with E-state index in [1.165, 1.54) is 0 Å². The Morgan fingerprint density at radius 2 is 2.50 bits per heavy atom. The summed E-state index contributed by atoms with van der Waals surface area (Å²) in [5, 5.41) is 14.5. The van der Waals surface area contributed by atoms with Gasteiger partial charge in [-0.2, -0.15) is 10.2 Å². The Labute approximate surface area is 57.9 Å². The average molecular weight is 137 g/mol. The second kappa shape index (κ2) is 2.35. The Bertz CT molecular complexity index is 257. The number of nitrogens with two attached hydrogens (primary N) is 1. The third-order valence-corrected chi connectivity index (χ3v) is 1.12. The van der Waals surface area contributed by atoms with Crippen molar-refractivity contribution >= 4 is 5.95 Å². The fraction of sp³-hybridized carbons (Fsp3) is 0.400. The van der Waals surface area contributed by atoms with E-state index in [9.17, 15) is 0 Å². The number of aromatic amines is 1. The molecule has 0 bridgehead atoms. The molecule has 52 valence electrons. The number of nitriles is 1. The van der Waals surface area contributed by atoms with Crippen LogP contribution < -0.4 is 5.73 Å². The van der Waals surface area contributed by atoms with Crippen LogP contribution in [0.25, 0.3) is 0 Å². The van der Waals surface area contributed by atoms with E-state index < -0.39 is 0 Å². The standard InChI is InChI=1S/C5H7N5/c1-3(2-6)4-8-5(7)10-9-4/h3H,1H3,(H3,7,8,9,10). The zero-order chi connectivity index (χ0) is 7.56. The summed E-state index contributed by atoms with van der Waals surface area (Å²) in [5.41, 5.74) is 5.21. The minimum Gasteiger partial charge on any atom is -0.367 e. The Morgan fingerprint density at radius 3 is 2.90 bits per heavy atom. The normalized spacial score (nSPS) is 12.4. The molecule has 1 atom stereocenters. The maximum absolute atomic E-state index is 8.42. The number of rotatable bonds is 1. The van der Waals surface area contributed by atoms with Gasteiger partial charge in [0.05, 0.1) is 6.07 Å². The number of H-pyrrole nitrogens is 1. The number of hydrogen-bond acceptors (Lipinski definition) is 4. The highest BCUT2D eigenvalue weighted by Gasteiger charge is 2.07. The molecule has 0 spiro atoms. The topological polar surface area (TPSA) is 91.4 Å². The summed E-state index contributed by atoms with van der Waals surface area (Å²) in [6, 6.07) is 2.01. The minimum atomic E-state index is -0.273. The van der Waals surface area contributed by atoms with Gasteiger partial charge in [-0.3, -0.25) is 5.10 Å². The van der Waals surface area contributed by atoms with Crippen molar-refractivity contribution in [1.82, 2.24) is 15.2 Å². The molecule has 5 heteroatoms. The van der Waals surface area contributed by atoms with E-state index in [-0.39, 0.29) is 11.9 Å². The molecule has 0 aliphatic rings. The summed E-state index contributed by atoms with van der Waals surface area (Å²) in [6.07, 6.45) is 0. The van der Waals surface area contributed by atoms with E-state index >= 15 is 0 Å². The highest BCUT2D eigenvalue weighted by Crippen LogP contribution is 2.07. The molecule has 10 heavy (non-hydrogen) atoms. The van der Waals surface area contributed by atoms with Crippen molar-refractivity contribution in [3.63, 3.8) is 0 Å². The van der Waals surface area contributed by atoms with Gasteiger partial charge in [-0.15, -0.1) is 5.10 Å². The molecule has 5 nitrogen and oxygen atoms in total. The van der Waals surface area contributed by atoms with Gasteiger partial charge in [-0.25, -0.2) is 0 Å². The number of anilines is 1. The second-order valence-corrected chi connectivity index (χ2v) is 1.93. The summed E-state index contributed by atoms with van der Waals surface area (Å²) in [6.45, 7) is 1.72. The van der Waals surface area contributed by atoms with Crippen molar-refractivity contribution in [2.24, 2.45) is 0 Å². The summed E-state index contributed by atoms with van der Waals surface area (Å²) in [4.78, 5) is 3.77. The Kier molecular flexibility index (Phi) is 1.54. The first-order chi connectivity index (χ1) is 4.74. The first-order valence-electron chi connectivity index (χ1n) is 2.81. The zero-order valence-electron chi connectivity index (χ0n) is 5.50. The molecule has 0 aliphatic heterocycles. The molecule has 0 saturated carbocycles. The van der Waals surface area contributed by atoms with Crippen LogP contribution in [0.3, 0.4) is 0 Å². The van der Waals surface area contributed by atoms with Crippen LogP contribution in [0.15, 0.2) is 0 Å². The predicted molar refractivity (Wildman–Crippen MR) is 34.8 cm³/mol. The number of hydrogen-bond donors (Lipinski definition) is 2. The SMILES string of the molecule is CC(C#N)c1nc(N)n[nH]1. The van der Waals surface area contributed by atoms with Gasteiger partial charge < -0.3 is 5.73 Å². The van der Waals surface area contributed by atoms with Gasteiger partial charge in [-0.1, -0.05) is 0 Å². The summed E-state index contributed by atoms with van der Waals surface area (Å²) < 4.78 is 0. The van der Waals surface area contributed by atoms with Gasteiger partial charge in [-0.05, 0) is 6.92 Å². The highest BCUT2D eigenvalue weighted by molar-refractivity contribution is 5.16. The van der Waals surface area contributed by atoms with E-state index in [0.717, 1.165) is 0 Å². The van der Waals surface area contributed by atoms with Crippen LogP contribution in [0, 0.1) is 11.3 Å². The molecule has 1 heterocycles. The molecular formula is C5H7N5. The predicted octanol–water partition coefficient (Wildman–Crippen LogP) is 0.0140. The molecule has 0 aromatic carbocycles. The molecule has 1 aromatic rings. The van der Waals surface area contributed by atoms with Crippen LogP contribution in [-0.2, 0) is 0 Å². The molecule has 0 radical (unpaired) electrons.